The smallest absolute Gasteiger partial charge is 0.225 e. The number of carbonyl (C=O) groups excluding carboxylic acids is 2. The van der Waals surface area contributed by atoms with Gasteiger partial charge >= 0.3 is 0 Å². The lowest BCUT2D eigenvalue weighted by molar-refractivity contribution is -0.140. The number of ketones is 1. The Bertz CT molecular complexity index is 1510. The van der Waals surface area contributed by atoms with Crippen molar-refractivity contribution < 1.29 is 14.3 Å². The Morgan fingerprint density at radius 1 is 0.923 bits per heavy atom. The molecule has 1 saturated carbocycles. The van der Waals surface area contributed by atoms with Crippen molar-refractivity contribution in [3.8, 4) is 28.1 Å². The van der Waals surface area contributed by atoms with Crippen molar-refractivity contribution >= 4 is 17.3 Å². The zero-order chi connectivity index (χ0) is 26.9. The topological polar surface area (TPSA) is 67.2 Å². The summed E-state index contributed by atoms with van der Waals surface area (Å²) in [4.78, 5) is 34.0. The first-order chi connectivity index (χ1) is 19.0. The Morgan fingerprint density at radius 3 is 2.33 bits per heavy atom. The molecule has 1 saturated heterocycles. The molecule has 2 aromatic heterocycles. The standard InChI is InChI=1S/C32H34N4O3/c1-22(37)23-9-11-24(12-10-23)27-13-14-30-33-31(26-7-4-8-28(19-26)39-2)29(36(30)20-27)21-34-15-17-35(18-16-34)32(38)25-5-3-6-25/h4,7-14,19-20,25H,3,5-6,15-18,21H2,1-2H3. The summed E-state index contributed by atoms with van der Waals surface area (Å²) in [5.41, 5.74) is 6.76. The number of piperazine rings is 1. The largest absolute Gasteiger partial charge is 0.497 e. The van der Waals surface area contributed by atoms with Crippen molar-refractivity contribution in [2.45, 2.75) is 32.7 Å². The van der Waals surface area contributed by atoms with E-state index in [-0.39, 0.29) is 11.7 Å². The van der Waals surface area contributed by atoms with E-state index in [2.05, 4.69) is 38.6 Å². The summed E-state index contributed by atoms with van der Waals surface area (Å²) >= 11 is 0. The quantitative estimate of drug-likeness (QED) is 0.307. The van der Waals surface area contributed by atoms with Gasteiger partial charge in [-0.3, -0.25) is 14.5 Å². The number of nitrogens with zero attached hydrogens (tertiary/aromatic N) is 4. The maximum absolute atomic E-state index is 12.8. The molecule has 0 unspecified atom stereocenters. The summed E-state index contributed by atoms with van der Waals surface area (Å²) in [6.07, 6.45) is 5.41. The van der Waals surface area contributed by atoms with E-state index >= 15 is 0 Å². The lowest BCUT2D eigenvalue weighted by atomic mass is 9.84. The lowest BCUT2D eigenvalue weighted by Crippen LogP contribution is -2.50. The number of imidazole rings is 1. The van der Waals surface area contributed by atoms with Crippen LogP contribution in [0.15, 0.2) is 66.9 Å². The molecule has 6 rings (SSSR count). The molecule has 0 N–H and O–H groups in total. The van der Waals surface area contributed by atoms with Crippen molar-refractivity contribution in [2.24, 2.45) is 5.92 Å². The molecule has 1 amide bonds. The highest BCUT2D eigenvalue weighted by atomic mass is 16.5. The molecule has 1 aliphatic carbocycles. The van der Waals surface area contributed by atoms with Crippen molar-refractivity contribution in [2.75, 3.05) is 33.3 Å². The van der Waals surface area contributed by atoms with Crippen LogP contribution in [0.4, 0.5) is 0 Å². The van der Waals surface area contributed by atoms with Gasteiger partial charge < -0.3 is 14.0 Å². The van der Waals surface area contributed by atoms with Crippen LogP contribution in [0.5, 0.6) is 5.75 Å². The van der Waals surface area contributed by atoms with Gasteiger partial charge in [-0.1, -0.05) is 42.8 Å². The van der Waals surface area contributed by atoms with Crippen LogP contribution in [0, 0.1) is 5.92 Å². The highest BCUT2D eigenvalue weighted by Gasteiger charge is 2.31. The third kappa shape index (κ3) is 5.06. The molecule has 0 bridgehead atoms. The van der Waals surface area contributed by atoms with Gasteiger partial charge in [0.15, 0.2) is 5.78 Å². The van der Waals surface area contributed by atoms with Gasteiger partial charge in [0.05, 0.1) is 18.5 Å². The molecular weight excluding hydrogens is 488 g/mol. The van der Waals surface area contributed by atoms with Gasteiger partial charge in [-0.25, -0.2) is 4.98 Å². The Morgan fingerprint density at radius 2 is 1.67 bits per heavy atom. The predicted octanol–water partition coefficient (Wildman–Crippen LogP) is 5.32. The van der Waals surface area contributed by atoms with Crippen LogP contribution in [-0.4, -0.2) is 64.2 Å². The number of carbonyl (C=O) groups is 2. The number of Topliss-reactive ketones (excluding diaryl/α,β-unsaturated/α-hetero) is 1. The van der Waals surface area contributed by atoms with E-state index in [4.69, 9.17) is 9.72 Å². The minimum atomic E-state index is 0.0614. The zero-order valence-electron chi connectivity index (χ0n) is 22.6. The first kappa shape index (κ1) is 25.3. The number of amides is 1. The minimum absolute atomic E-state index is 0.0614. The third-order valence-electron chi connectivity index (χ3n) is 8.20. The molecule has 39 heavy (non-hydrogen) atoms. The number of rotatable bonds is 7. The van der Waals surface area contributed by atoms with Gasteiger partial charge in [0.1, 0.15) is 11.4 Å². The number of aromatic nitrogens is 2. The van der Waals surface area contributed by atoms with Crippen LogP contribution < -0.4 is 4.74 Å². The summed E-state index contributed by atoms with van der Waals surface area (Å²) in [6, 6.07) is 19.9. The summed E-state index contributed by atoms with van der Waals surface area (Å²) in [6.45, 7) is 5.54. The van der Waals surface area contributed by atoms with E-state index < -0.39 is 0 Å². The molecule has 0 spiro atoms. The molecule has 0 radical (unpaired) electrons. The van der Waals surface area contributed by atoms with Crippen LogP contribution >= 0.6 is 0 Å². The predicted molar refractivity (Wildman–Crippen MR) is 152 cm³/mol. The number of benzene rings is 2. The van der Waals surface area contributed by atoms with E-state index in [0.717, 1.165) is 85.0 Å². The normalized spacial score (nSPS) is 16.3. The Hall–Kier alpha value is -3.97. The van der Waals surface area contributed by atoms with Gasteiger partial charge in [-0.05, 0) is 55.2 Å². The Labute approximate surface area is 229 Å². The lowest BCUT2D eigenvalue weighted by Gasteiger charge is -2.38. The molecule has 200 valence electrons. The molecule has 2 aromatic carbocycles. The molecular formula is C32H34N4O3. The van der Waals surface area contributed by atoms with E-state index in [1.54, 1.807) is 14.0 Å². The summed E-state index contributed by atoms with van der Waals surface area (Å²) < 4.78 is 7.69. The van der Waals surface area contributed by atoms with E-state index in [9.17, 15) is 9.59 Å². The SMILES string of the molecule is COc1cccc(-c2nc3ccc(-c4ccc(C(C)=O)cc4)cn3c2CN2CCN(C(=O)C3CCC3)CC2)c1. The maximum Gasteiger partial charge on any atom is 0.225 e. The molecule has 2 fully saturated rings. The minimum Gasteiger partial charge on any atom is -0.497 e. The maximum atomic E-state index is 12.8. The number of hydrogen-bond donors (Lipinski definition) is 0. The monoisotopic (exact) mass is 522 g/mol. The van der Waals surface area contributed by atoms with E-state index in [1.165, 1.54) is 6.42 Å². The van der Waals surface area contributed by atoms with E-state index in [1.807, 2.05) is 42.5 Å². The van der Waals surface area contributed by atoms with Crippen molar-refractivity contribution in [3.05, 3.63) is 78.1 Å². The van der Waals surface area contributed by atoms with Gasteiger partial charge in [0.25, 0.3) is 0 Å². The van der Waals surface area contributed by atoms with Gasteiger partial charge in [0.2, 0.25) is 5.91 Å². The molecule has 1 aliphatic heterocycles. The second-order valence-corrected chi connectivity index (χ2v) is 10.6. The molecule has 2 aliphatic rings. The fraction of sp³-hybridized carbons (Fsp3) is 0.344. The summed E-state index contributed by atoms with van der Waals surface area (Å²) in [5, 5.41) is 0. The molecule has 7 heteroatoms. The van der Waals surface area contributed by atoms with Gasteiger partial charge in [-0.2, -0.15) is 0 Å². The molecule has 4 aromatic rings. The van der Waals surface area contributed by atoms with Gasteiger partial charge in [0, 0.05) is 56.0 Å². The van der Waals surface area contributed by atoms with Gasteiger partial charge in [-0.15, -0.1) is 0 Å². The number of methoxy groups -OCH3 is 1. The Balaban J connectivity index is 1.33. The van der Waals surface area contributed by atoms with Crippen LogP contribution in [0.3, 0.4) is 0 Å². The fourth-order valence-electron chi connectivity index (χ4n) is 5.57. The van der Waals surface area contributed by atoms with Crippen LogP contribution in [0.25, 0.3) is 28.0 Å². The third-order valence-corrected chi connectivity index (χ3v) is 8.20. The number of fused-ring (bicyclic) bond motifs is 1. The first-order valence-electron chi connectivity index (χ1n) is 13.8. The highest BCUT2D eigenvalue weighted by molar-refractivity contribution is 5.94. The Kier molecular flexibility index (Phi) is 6.92. The fourth-order valence-corrected chi connectivity index (χ4v) is 5.57. The molecule has 0 atom stereocenters. The van der Waals surface area contributed by atoms with Crippen LogP contribution in [0.2, 0.25) is 0 Å². The molecule has 7 nitrogen and oxygen atoms in total. The summed E-state index contributed by atoms with van der Waals surface area (Å²) in [7, 11) is 1.68. The molecule has 3 heterocycles. The van der Waals surface area contributed by atoms with Crippen LogP contribution in [-0.2, 0) is 11.3 Å². The first-order valence-corrected chi connectivity index (χ1v) is 13.8. The zero-order valence-corrected chi connectivity index (χ0v) is 22.6. The average Bonchev–Trinajstić information content (AvgIpc) is 3.30. The number of hydrogen-bond acceptors (Lipinski definition) is 5. The van der Waals surface area contributed by atoms with Crippen molar-refractivity contribution in [1.82, 2.24) is 19.2 Å². The summed E-state index contributed by atoms with van der Waals surface area (Å²) in [5.74, 6) is 1.45. The van der Waals surface area contributed by atoms with Crippen molar-refractivity contribution in [3.63, 3.8) is 0 Å². The van der Waals surface area contributed by atoms with Crippen LogP contribution in [0.1, 0.15) is 42.2 Å². The average molecular weight is 523 g/mol. The van der Waals surface area contributed by atoms with Crippen molar-refractivity contribution in [1.29, 1.82) is 0 Å². The number of pyridine rings is 1. The number of ether oxygens (including phenoxy) is 1. The second kappa shape index (κ2) is 10.7. The van der Waals surface area contributed by atoms with E-state index in [0.29, 0.717) is 11.5 Å². The second-order valence-electron chi connectivity index (χ2n) is 10.6. The highest BCUT2D eigenvalue weighted by Crippen LogP contribution is 2.32.